The number of benzene rings is 3. The quantitative estimate of drug-likeness (QED) is 0.432. The van der Waals surface area contributed by atoms with Gasteiger partial charge in [-0.3, -0.25) is 9.10 Å². The summed E-state index contributed by atoms with van der Waals surface area (Å²) in [5.41, 5.74) is 4.49. The molecule has 0 aromatic heterocycles. The molecule has 7 nitrogen and oxygen atoms in total. The topological polar surface area (TPSA) is 88.1 Å². The Hall–Kier alpha value is -3.65. The van der Waals surface area contributed by atoms with Gasteiger partial charge in [0.1, 0.15) is 12.3 Å². The number of sulfonamides is 1. The van der Waals surface area contributed by atoms with Crippen LogP contribution in [-0.2, 0) is 14.8 Å². The lowest BCUT2D eigenvalue weighted by molar-refractivity contribution is -0.119. The number of hydrogen-bond donors (Lipinski definition) is 1. The number of amides is 1. The molecule has 1 amide bonds. The molecule has 3 rings (SSSR count). The molecule has 160 valence electrons. The standard InChI is InChI=1S/C23H23N3O4S/c1-18-11-13-20(14-12-18)26(31(28,29)22-9-4-3-5-10-22)17-23(27)25-24-16-19-7-6-8-21(15-19)30-2/h3-16H,17H2,1-2H3,(H,25,27)/b24-16+. The van der Waals surface area contributed by atoms with E-state index in [2.05, 4.69) is 10.5 Å². The lowest BCUT2D eigenvalue weighted by Gasteiger charge is -2.23. The van der Waals surface area contributed by atoms with Crippen LogP contribution < -0.4 is 14.5 Å². The fraction of sp³-hybridized carbons (Fsp3) is 0.130. The van der Waals surface area contributed by atoms with Crippen LogP contribution in [0.25, 0.3) is 0 Å². The van der Waals surface area contributed by atoms with Crippen molar-refractivity contribution in [3.05, 3.63) is 90.0 Å². The van der Waals surface area contributed by atoms with Gasteiger partial charge in [0.25, 0.3) is 15.9 Å². The predicted molar refractivity (Wildman–Crippen MR) is 121 cm³/mol. The molecule has 0 radical (unpaired) electrons. The van der Waals surface area contributed by atoms with Crippen molar-refractivity contribution in [2.75, 3.05) is 18.0 Å². The predicted octanol–water partition coefficient (Wildman–Crippen LogP) is 3.35. The molecule has 0 saturated heterocycles. The minimum absolute atomic E-state index is 0.100. The van der Waals surface area contributed by atoms with Crippen molar-refractivity contribution >= 4 is 27.8 Å². The molecule has 0 unspecified atom stereocenters. The summed E-state index contributed by atoms with van der Waals surface area (Å²) in [7, 11) is -2.38. The van der Waals surface area contributed by atoms with E-state index in [-0.39, 0.29) is 4.90 Å². The maximum atomic E-state index is 13.2. The summed E-state index contributed by atoms with van der Waals surface area (Å²) in [4.78, 5) is 12.6. The summed E-state index contributed by atoms with van der Waals surface area (Å²) in [5, 5.41) is 3.93. The first-order chi connectivity index (χ1) is 14.9. The van der Waals surface area contributed by atoms with E-state index in [1.165, 1.54) is 18.3 Å². The number of ether oxygens (including phenoxy) is 1. The number of anilines is 1. The maximum absolute atomic E-state index is 13.2. The average molecular weight is 438 g/mol. The SMILES string of the molecule is COc1cccc(/C=N/NC(=O)CN(c2ccc(C)cc2)S(=O)(=O)c2ccccc2)c1. The van der Waals surface area contributed by atoms with E-state index in [1.807, 2.05) is 6.92 Å². The van der Waals surface area contributed by atoms with Crippen molar-refractivity contribution in [1.29, 1.82) is 0 Å². The Morgan fingerprint density at radius 2 is 1.74 bits per heavy atom. The van der Waals surface area contributed by atoms with Crippen molar-refractivity contribution in [3.8, 4) is 5.75 Å². The second-order valence-electron chi connectivity index (χ2n) is 6.73. The van der Waals surface area contributed by atoms with E-state index in [4.69, 9.17) is 4.74 Å². The summed E-state index contributed by atoms with van der Waals surface area (Å²) in [6.45, 7) is 1.48. The minimum atomic E-state index is -3.94. The van der Waals surface area contributed by atoms with Crippen molar-refractivity contribution in [2.45, 2.75) is 11.8 Å². The molecule has 0 aliphatic carbocycles. The van der Waals surface area contributed by atoms with Gasteiger partial charge in [0.2, 0.25) is 0 Å². The van der Waals surface area contributed by atoms with Crippen LogP contribution in [-0.4, -0.2) is 34.2 Å². The molecular weight excluding hydrogens is 414 g/mol. The van der Waals surface area contributed by atoms with Gasteiger partial charge in [-0.25, -0.2) is 13.8 Å². The number of carbonyl (C=O) groups excluding carboxylic acids is 1. The van der Waals surface area contributed by atoms with E-state index >= 15 is 0 Å². The van der Waals surface area contributed by atoms with Gasteiger partial charge >= 0.3 is 0 Å². The highest BCUT2D eigenvalue weighted by Crippen LogP contribution is 2.23. The maximum Gasteiger partial charge on any atom is 0.264 e. The average Bonchev–Trinajstić information content (AvgIpc) is 2.79. The van der Waals surface area contributed by atoms with E-state index in [1.54, 1.807) is 73.8 Å². The van der Waals surface area contributed by atoms with E-state index < -0.39 is 22.5 Å². The molecule has 0 atom stereocenters. The molecule has 8 heteroatoms. The van der Waals surface area contributed by atoms with Crippen molar-refractivity contribution in [2.24, 2.45) is 5.10 Å². The molecule has 0 aliphatic heterocycles. The Labute approximate surface area is 182 Å². The van der Waals surface area contributed by atoms with Crippen LogP contribution in [0.2, 0.25) is 0 Å². The summed E-state index contributed by atoms with van der Waals surface area (Å²) in [6.07, 6.45) is 1.46. The second kappa shape index (κ2) is 9.90. The summed E-state index contributed by atoms with van der Waals surface area (Å²) in [6, 6.07) is 22.1. The van der Waals surface area contributed by atoms with Crippen molar-refractivity contribution in [3.63, 3.8) is 0 Å². The van der Waals surface area contributed by atoms with Crippen LogP contribution in [0.3, 0.4) is 0 Å². The zero-order valence-corrected chi connectivity index (χ0v) is 18.0. The lowest BCUT2D eigenvalue weighted by atomic mass is 10.2. The highest BCUT2D eigenvalue weighted by Gasteiger charge is 2.26. The van der Waals surface area contributed by atoms with Crippen LogP contribution >= 0.6 is 0 Å². The smallest absolute Gasteiger partial charge is 0.264 e. The summed E-state index contributed by atoms with van der Waals surface area (Å²) >= 11 is 0. The summed E-state index contributed by atoms with van der Waals surface area (Å²) in [5.74, 6) is 0.0917. The number of hydrazone groups is 1. The molecule has 3 aromatic carbocycles. The van der Waals surface area contributed by atoms with Gasteiger partial charge in [0.05, 0.1) is 23.9 Å². The van der Waals surface area contributed by atoms with Gasteiger partial charge in [0, 0.05) is 0 Å². The molecule has 0 heterocycles. The highest BCUT2D eigenvalue weighted by molar-refractivity contribution is 7.92. The van der Waals surface area contributed by atoms with Crippen LogP contribution in [0.1, 0.15) is 11.1 Å². The van der Waals surface area contributed by atoms with Gasteiger partial charge in [-0.2, -0.15) is 5.10 Å². The van der Waals surface area contributed by atoms with Gasteiger partial charge in [0.15, 0.2) is 0 Å². The Kier molecular flexibility index (Phi) is 7.04. The third kappa shape index (κ3) is 5.70. The van der Waals surface area contributed by atoms with Gasteiger partial charge in [-0.1, -0.05) is 48.0 Å². The van der Waals surface area contributed by atoms with E-state index in [9.17, 15) is 13.2 Å². The van der Waals surface area contributed by atoms with E-state index in [0.717, 1.165) is 15.4 Å². The van der Waals surface area contributed by atoms with Crippen LogP contribution in [0.15, 0.2) is 88.9 Å². The molecule has 1 N–H and O–H groups in total. The Balaban J connectivity index is 1.80. The third-order valence-corrected chi connectivity index (χ3v) is 6.23. The lowest BCUT2D eigenvalue weighted by Crippen LogP contribution is -2.39. The monoisotopic (exact) mass is 437 g/mol. The first-order valence-corrected chi connectivity index (χ1v) is 10.9. The summed E-state index contributed by atoms with van der Waals surface area (Å²) < 4.78 is 32.6. The Morgan fingerprint density at radius 1 is 1.03 bits per heavy atom. The number of carbonyl (C=O) groups is 1. The number of aryl methyl sites for hydroxylation is 1. The van der Waals surface area contributed by atoms with Crippen LogP contribution in [0, 0.1) is 6.92 Å². The van der Waals surface area contributed by atoms with Crippen molar-refractivity contribution in [1.82, 2.24) is 5.43 Å². The van der Waals surface area contributed by atoms with Crippen molar-refractivity contribution < 1.29 is 17.9 Å². The molecule has 0 spiro atoms. The number of methoxy groups -OCH3 is 1. The molecular formula is C23H23N3O4S. The fourth-order valence-electron chi connectivity index (χ4n) is 2.81. The normalized spacial score (nSPS) is 11.3. The first-order valence-electron chi connectivity index (χ1n) is 9.50. The number of hydrogen-bond acceptors (Lipinski definition) is 5. The second-order valence-corrected chi connectivity index (χ2v) is 8.59. The molecule has 0 bridgehead atoms. The largest absolute Gasteiger partial charge is 0.497 e. The van der Waals surface area contributed by atoms with Gasteiger partial charge in [-0.15, -0.1) is 0 Å². The molecule has 0 aliphatic rings. The molecule has 31 heavy (non-hydrogen) atoms. The van der Waals surface area contributed by atoms with Gasteiger partial charge < -0.3 is 4.74 Å². The van der Waals surface area contributed by atoms with Crippen LogP contribution in [0.4, 0.5) is 5.69 Å². The Bertz CT molecular complexity index is 1160. The fourth-order valence-corrected chi connectivity index (χ4v) is 4.25. The number of rotatable bonds is 8. The molecule has 0 fully saturated rings. The minimum Gasteiger partial charge on any atom is -0.497 e. The molecule has 3 aromatic rings. The zero-order chi connectivity index (χ0) is 22.3. The number of nitrogens with one attached hydrogen (secondary N) is 1. The first kappa shape index (κ1) is 22.0. The molecule has 0 saturated carbocycles. The van der Waals surface area contributed by atoms with E-state index in [0.29, 0.717) is 11.4 Å². The zero-order valence-electron chi connectivity index (χ0n) is 17.2. The van der Waals surface area contributed by atoms with Crippen LogP contribution in [0.5, 0.6) is 5.75 Å². The van der Waals surface area contributed by atoms with Gasteiger partial charge in [-0.05, 0) is 48.9 Å². The highest BCUT2D eigenvalue weighted by atomic mass is 32.2. The third-order valence-electron chi connectivity index (χ3n) is 4.44. The number of nitrogens with zero attached hydrogens (tertiary/aromatic N) is 2. The Morgan fingerprint density at radius 3 is 2.42 bits per heavy atom.